The number of hydrogen-bond donors (Lipinski definition) is 2. The molecule has 1 aromatic carbocycles. The number of benzene rings is 1. The van der Waals surface area contributed by atoms with E-state index in [9.17, 15) is 4.79 Å². The van der Waals surface area contributed by atoms with E-state index in [0.29, 0.717) is 28.8 Å². The molecule has 0 saturated carbocycles. The molecule has 2 N–H and O–H groups in total. The molecule has 7 heteroatoms. The number of methoxy groups -OCH3 is 1. The number of nitrogens with zero attached hydrogens (tertiary/aromatic N) is 2. The fourth-order valence-electron chi connectivity index (χ4n) is 1.86. The Kier molecular flexibility index (Phi) is 6.17. The molecule has 0 saturated heterocycles. The van der Waals surface area contributed by atoms with Gasteiger partial charge in [0, 0.05) is 24.6 Å². The monoisotopic (exact) mass is 334 g/mol. The number of unbranched alkanes of at least 4 members (excludes halogenated alkanes) is 1. The Labute approximate surface area is 140 Å². The van der Waals surface area contributed by atoms with Gasteiger partial charge in [-0.2, -0.15) is 0 Å². The minimum Gasteiger partial charge on any atom is -0.495 e. The number of aromatic nitrogens is 2. The standard InChI is InChI=1S/C16H19ClN4O2/c1-3-4-7-18-15(22)11-9-19-16(20-10-11)21-12-5-6-14(23-2)13(17)8-12/h5-6,8-10H,3-4,7H2,1-2H3,(H,18,22)(H,19,20,21). The Morgan fingerprint density at radius 3 is 2.65 bits per heavy atom. The van der Waals surface area contributed by atoms with Crippen LogP contribution >= 0.6 is 11.6 Å². The van der Waals surface area contributed by atoms with Crippen molar-refractivity contribution in [3.8, 4) is 5.75 Å². The van der Waals surface area contributed by atoms with Gasteiger partial charge in [0.2, 0.25) is 5.95 Å². The SMILES string of the molecule is CCCCNC(=O)c1cnc(Nc2ccc(OC)c(Cl)c2)nc1. The van der Waals surface area contributed by atoms with E-state index in [1.807, 2.05) is 0 Å². The largest absolute Gasteiger partial charge is 0.495 e. The minimum atomic E-state index is -0.169. The van der Waals surface area contributed by atoms with Gasteiger partial charge in [-0.25, -0.2) is 9.97 Å². The van der Waals surface area contributed by atoms with Crippen molar-refractivity contribution in [3.05, 3.63) is 41.2 Å². The van der Waals surface area contributed by atoms with Crippen molar-refractivity contribution < 1.29 is 9.53 Å². The molecule has 1 aromatic heterocycles. The van der Waals surface area contributed by atoms with Crippen molar-refractivity contribution in [1.29, 1.82) is 0 Å². The van der Waals surface area contributed by atoms with Crippen molar-refractivity contribution in [3.63, 3.8) is 0 Å². The van der Waals surface area contributed by atoms with E-state index in [2.05, 4.69) is 27.5 Å². The molecule has 0 bridgehead atoms. The molecule has 6 nitrogen and oxygen atoms in total. The van der Waals surface area contributed by atoms with Crippen molar-refractivity contribution >= 4 is 29.1 Å². The highest BCUT2D eigenvalue weighted by Crippen LogP contribution is 2.28. The minimum absolute atomic E-state index is 0.169. The third kappa shape index (κ3) is 4.82. The van der Waals surface area contributed by atoms with Gasteiger partial charge in [-0.1, -0.05) is 24.9 Å². The highest BCUT2D eigenvalue weighted by atomic mass is 35.5. The van der Waals surface area contributed by atoms with Crippen molar-refractivity contribution in [2.45, 2.75) is 19.8 Å². The molecular weight excluding hydrogens is 316 g/mol. The molecule has 122 valence electrons. The summed E-state index contributed by atoms with van der Waals surface area (Å²) < 4.78 is 5.10. The van der Waals surface area contributed by atoms with Crippen LogP contribution in [-0.4, -0.2) is 29.5 Å². The third-order valence-corrected chi connectivity index (χ3v) is 3.43. The van der Waals surface area contributed by atoms with Crippen LogP contribution in [0.4, 0.5) is 11.6 Å². The van der Waals surface area contributed by atoms with E-state index in [4.69, 9.17) is 16.3 Å². The second-order valence-corrected chi connectivity index (χ2v) is 5.29. The lowest BCUT2D eigenvalue weighted by atomic mass is 10.3. The van der Waals surface area contributed by atoms with Gasteiger partial charge < -0.3 is 15.4 Å². The van der Waals surface area contributed by atoms with Gasteiger partial charge in [-0.15, -0.1) is 0 Å². The van der Waals surface area contributed by atoms with Crippen LogP contribution < -0.4 is 15.4 Å². The van der Waals surface area contributed by atoms with Gasteiger partial charge in [-0.3, -0.25) is 4.79 Å². The number of ether oxygens (including phenoxy) is 1. The van der Waals surface area contributed by atoms with Crippen LogP contribution in [-0.2, 0) is 0 Å². The number of carbonyl (C=O) groups excluding carboxylic acids is 1. The second kappa shape index (κ2) is 8.33. The summed E-state index contributed by atoms with van der Waals surface area (Å²) in [6.07, 6.45) is 4.96. The molecule has 23 heavy (non-hydrogen) atoms. The molecule has 0 aliphatic rings. The lowest BCUT2D eigenvalue weighted by molar-refractivity contribution is 0.0952. The Hall–Kier alpha value is -2.34. The lowest BCUT2D eigenvalue weighted by Gasteiger charge is -2.08. The van der Waals surface area contributed by atoms with Gasteiger partial charge in [0.05, 0.1) is 17.7 Å². The number of amides is 1. The van der Waals surface area contributed by atoms with E-state index < -0.39 is 0 Å². The summed E-state index contributed by atoms with van der Waals surface area (Å²) in [5, 5.41) is 6.33. The molecule has 0 spiro atoms. The summed E-state index contributed by atoms with van der Waals surface area (Å²) in [6.45, 7) is 2.72. The summed E-state index contributed by atoms with van der Waals surface area (Å²) in [6, 6.07) is 5.27. The molecule has 0 atom stereocenters. The molecular formula is C16H19ClN4O2. The first-order valence-corrected chi connectivity index (χ1v) is 7.72. The van der Waals surface area contributed by atoms with Gasteiger partial charge in [-0.05, 0) is 24.6 Å². The number of rotatable bonds is 7. The van der Waals surface area contributed by atoms with Crippen molar-refractivity contribution in [2.24, 2.45) is 0 Å². The van der Waals surface area contributed by atoms with Crippen LogP contribution in [0.1, 0.15) is 30.1 Å². The molecule has 0 aliphatic carbocycles. The Morgan fingerprint density at radius 1 is 1.30 bits per heavy atom. The van der Waals surface area contributed by atoms with Crippen LogP contribution in [0.2, 0.25) is 5.02 Å². The molecule has 0 aliphatic heterocycles. The number of carbonyl (C=O) groups is 1. The smallest absolute Gasteiger partial charge is 0.254 e. The maximum atomic E-state index is 11.9. The van der Waals surface area contributed by atoms with E-state index in [1.165, 1.54) is 12.4 Å². The molecule has 0 unspecified atom stereocenters. The Balaban J connectivity index is 1.99. The molecule has 1 heterocycles. The van der Waals surface area contributed by atoms with Crippen LogP contribution in [0.15, 0.2) is 30.6 Å². The first-order chi connectivity index (χ1) is 11.1. The van der Waals surface area contributed by atoms with Gasteiger partial charge in [0.1, 0.15) is 5.75 Å². The van der Waals surface area contributed by atoms with Crippen LogP contribution in [0.3, 0.4) is 0 Å². The number of hydrogen-bond acceptors (Lipinski definition) is 5. The normalized spacial score (nSPS) is 10.2. The van der Waals surface area contributed by atoms with Gasteiger partial charge in [0.25, 0.3) is 5.91 Å². The number of halogens is 1. The number of nitrogens with one attached hydrogen (secondary N) is 2. The van der Waals surface area contributed by atoms with E-state index in [-0.39, 0.29) is 5.91 Å². The van der Waals surface area contributed by atoms with Crippen molar-refractivity contribution in [2.75, 3.05) is 19.0 Å². The highest BCUT2D eigenvalue weighted by molar-refractivity contribution is 6.32. The first kappa shape index (κ1) is 17.0. The molecule has 2 aromatic rings. The summed E-state index contributed by atoms with van der Waals surface area (Å²) in [5.41, 5.74) is 1.16. The van der Waals surface area contributed by atoms with Crippen LogP contribution in [0.25, 0.3) is 0 Å². The summed E-state index contributed by atoms with van der Waals surface area (Å²) >= 11 is 6.06. The van der Waals surface area contributed by atoms with Crippen LogP contribution in [0.5, 0.6) is 5.75 Å². The highest BCUT2D eigenvalue weighted by Gasteiger charge is 2.07. The Bertz CT molecular complexity index is 662. The lowest BCUT2D eigenvalue weighted by Crippen LogP contribution is -2.24. The molecule has 2 rings (SSSR count). The quantitative estimate of drug-likeness (QED) is 0.759. The van der Waals surface area contributed by atoms with Gasteiger partial charge in [0.15, 0.2) is 0 Å². The zero-order valence-corrected chi connectivity index (χ0v) is 13.9. The maximum absolute atomic E-state index is 11.9. The summed E-state index contributed by atoms with van der Waals surface area (Å²) in [7, 11) is 1.56. The molecule has 0 fully saturated rings. The van der Waals surface area contributed by atoms with Crippen molar-refractivity contribution in [1.82, 2.24) is 15.3 Å². The predicted molar refractivity (Wildman–Crippen MR) is 90.6 cm³/mol. The second-order valence-electron chi connectivity index (χ2n) is 4.88. The summed E-state index contributed by atoms with van der Waals surface area (Å²) in [4.78, 5) is 20.1. The Morgan fingerprint density at radius 2 is 2.04 bits per heavy atom. The zero-order valence-electron chi connectivity index (χ0n) is 13.1. The fraction of sp³-hybridized carbons (Fsp3) is 0.312. The predicted octanol–water partition coefficient (Wildman–Crippen LogP) is 3.41. The fourth-order valence-corrected chi connectivity index (χ4v) is 2.12. The number of anilines is 2. The average molecular weight is 335 g/mol. The molecule has 0 radical (unpaired) electrons. The first-order valence-electron chi connectivity index (χ1n) is 7.35. The van der Waals surface area contributed by atoms with E-state index >= 15 is 0 Å². The van der Waals surface area contributed by atoms with E-state index in [0.717, 1.165) is 18.5 Å². The van der Waals surface area contributed by atoms with Crippen LogP contribution in [0, 0.1) is 0 Å². The average Bonchev–Trinajstić information content (AvgIpc) is 2.56. The molecule has 1 amide bonds. The summed E-state index contributed by atoms with van der Waals surface area (Å²) in [5.74, 6) is 0.811. The maximum Gasteiger partial charge on any atom is 0.254 e. The van der Waals surface area contributed by atoms with E-state index in [1.54, 1.807) is 25.3 Å². The topological polar surface area (TPSA) is 76.1 Å². The zero-order chi connectivity index (χ0) is 16.7. The van der Waals surface area contributed by atoms with Gasteiger partial charge >= 0.3 is 0 Å². The third-order valence-electron chi connectivity index (χ3n) is 3.14.